The number of aryl methyl sites for hydroxylation is 1. The van der Waals surface area contributed by atoms with Crippen LogP contribution < -0.4 is 9.74 Å². The smallest absolute Gasteiger partial charge is 0.405 e. The molecule has 1 amide bonds. The van der Waals surface area contributed by atoms with Crippen LogP contribution in [0, 0.1) is 13.8 Å². The summed E-state index contributed by atoms with van der Waals surface area (Å²) in [6.07, 6.45) is -0.937. The van der Waals surface area contributed by atoms with Crippen LogP contribution >= 0.6 is 0 Å². The largest absolute Gasteiger partial charge is 0.552 e. The standard InChI is InChI=1S/C22H29NO4Si/c1-13-11-16(20(27-28)14(2)18(13)22(3,4)5)19(24)17(23-21(25)26)12-15-9-7-6-8-10-15/h6-11,17,23H,12H2,1-5,28H3,(H,25,26). The van der Waals surface area contributed by atoms with E-state index in [1.807, 2.05) is 50.2 Å². The van der Waals surface area contributed by atoms with Gasteiger partial charge in [0.25, 0.3) is 0 Å². The first-order valence-corrected chi connectivity index (χ1v) is 10.1. The van der Waals surface area contributed by atoms with Crippen molar-refractivity contribution >= 4 is 22.4 Å². The molecule has 0 saturated heterocycles. The predicted octanol–water partition coefficient (Wildman–Crippen LogP) is 3.32. The predicted molar refractivity (Wildman–Crippen MR) is 115 cm³/mol. The summed E-state index contributed by atoms with van der Waals surface area (Å²) in [6.45, 7) is 10.3. The molecule has 0 heterocycles. The lowest BCUT2D eigenvalue weighted by molar-refractivity contribution is 0.0934. The zero-order valence-electron chi connectivity index (χ0n) is 17.4. The zero-order chi connectivity index (χ0) is 21.1. The lowest BCUT2D eigenvalue weighted by Crippen LogP contribution is -2.42. The highest BCUT2D eigenvalue weighted by Gasteiger charge is 2.29. The van der Waals surface area contributed by atoms with E-state index in [9.17, 15) is 14.7 Å². The number of nitrogens with one attached hydrogen (secondary N) is 1. The molecule has 0 saturated carbocycles. The molecule has 150 valence electrons. The van der Waals surface area contributed by atoms with Crippen LogP contribution in [0.25, 0.3) is 0 Å². The second kappa shape index (κ2) is 8.60. The van der Waals surface area contributed by atoms with Gasteiger partial charge in [-0.15, -0.1) is 0 Å². The van der Waals surface area contributed by atoms with Gasteiger partial charge in [-0.3, -0.25) is 4.79 Å². The molecule has 0 radical (unpaired) electrons. The average Bonchev–Trinajstić information content (AvgIpc) is 2.59. The molecule has 2 rings (SSSR count). The second-order valence-corrected chi connectivity index (χ2v) is 8.49. The Kier molecular flexibility index (Phi) is 6.67. The third-order valence-corrected chi connectivity index (χ3v) is 5.24. The van der Waals surface area contributed by atoms with Crippen LogP contribution in [-0.4, -0.2) is 33.5 Å². The molecule has 1 unspecified atom stereocenters. The molecular formula is C22H29NO4Si. The van der Waals surface area contributed by atoms with Crippen LogP contribution in [0.2, 0.25) is 0 Å². The first-order valence-electron chi connectivity index (χ1n) is 9.32. The van der Waals surface area contributed by atoms with E-state index < -0.39 is 12.1 Å². The highest BCUT2D eigenvalue weighted by molar-refractivity contribution is 6.07. The molecule has 0 aliphatic carbocycles. The summed E-state index contributed by atoms with van der Waals surface area (Å²) in [6, 6.07) is 10.4. The molecule has 2 aromatic carbocycles. The molecule has 28 heavy (non-hydrogen) atoms. The Morgan fingerprint density at radius 2 is 1.79 bits per heavy atom. The first kappa shape index (κ1) is 21.7. The quantitative estimate of drug-likeness (QED) is 0.577. The molecule has 0 aliphatic heterocycles. The summed E-state index contributed by atoms with van der Waals surface area (Å²) < 4.78 is 5.74. The molecule has 0 aromatic heterocycles. The minimum Gasteiger partial charge on any atom is -0.552 e. The Labute approximate surface area is 169 Å². The van der Waals surface area contributed by atoms with Gasteiger partial charge in [-0.25, -0.2) is 4.79 Å². The summed E-state index contributed by atoms with van der Waals surface area (Å²) in [5, 5.41) is 11.6. The number of rotatable bonds is 6. The molecule has 5 nitrogen and oxygen atoms in total. The molecule has 0 aliphatic rings. The van der Waals surface area contributed by atoms with Crippen molar-refractivity contribution in [2.24, 2.45) is 0 Å². The van der Waals surface area contributed by atoms with Gasteiger partial charge >= 0.3 is 6.09 Å². The number of ketones is 1. The molecule has 0 spiro atoms. The summed E-state index contributed by atoms with van der Waals surface area (Å²) in [5.41, 5.74) is 4.34. The van der Waals surface area contributed by atoms with Crippen molar-refractivity contribution in [3.63, 3.8) is 0 Å². The Morgan fingerprint density at radius 1 is 1.18 bits per heavy atom. The monoisotopic (exact) mass is 399 g/mol. The molecule has 1 atom stereocenters. The summed E-state index contributed by atoms with van der Waals surface area (Å²) in [4.78, 5) is 24.7. The van der Waals surface area contributed by atoms with Gasteiger partial charge in [-0.1, -0.05) is 51.1 Å². The minimum atomic E-state index is -1.22. The molecular weight excluding hydrogens is 370 g/mol. The Hall–Kier alpha value is -2.60. The van der Waals surface area contributed by atoms with Crippen molar-refractivity contribution in [3.05, 3.63) is 64.2 Å². The number of carbonyl (C=O) groups excluding carboxylic acids is 1. The van der Waals surface area contributed by atoms with E-state index in [0.717, 1.165) is 22.3 Å². The van der Waals surface area contributed by atoms with Crippen molar-refractivity contribution in [1.29, 1.82) is 0 Å². The van der Waals surface area contributed by atoms with Gasteiger partial charge in [-0.05, 0) is 47.6 Å². The molecule has 0 bridgehead atoms. The van der Waals surface area contributed by atoms with Crippen molar-refractivity contribution in [2.45, 2.75) is 52.5 Å². The summed E-state index contributed by atoms with van der Waals surface area (Å²) in [7, 11) is 0.435. The van der Waals surface area contributed by atoms with E-state index >= 15 is 0 Å². The van der Waals surface area contributed by atoms with E-state index in [0.29, 0.717) is 21.8 Å². The lowest BCUT2D eigenvalue weighted by Gasteiger charge is -2.28. The van der Waals surface area contributed by atoms with Crippen LogP contribution in [0.1, 0.15) is 53.4 Å². The second-order valence-electron chi connectivity index (χ2n) is 8.08. The van der Waals surface area contributed by atoms with Crippen LogP contribution in [0.3, 0.4) is 0 Å². The average molecular weight is 400 g/mol. The summed E-state index contributed by atoms with van der Waals surface area (Å²) >= 11 is 0. The summed E-state index contributed by atoms with van der Waals surface area (Å²) in [5.74, 6) is 0.293. The number of Topliss-reactive ketones (excluding diaryl/α,β-unsaturated/α-hetero) is 1. The number of amides is 1. The van der Waals surface area contributed by atoms with Crippen LogP contribution in [0.5, 0.6) is 5.75 Å². The third-order valence-electron chi connectivity index (χ3n) is 4.83. The van der Waals surface area contributed by atoms with Crippen molar-refractivity contribution in [1.82, 2.24) is 5.32 Å². The lowest BCUT2D eigenvalue weighted by atomic mass is 9.79. The van der Waals surface area contributed by atoms with Crippen LogP contribution in [0.15, 0.2) is 36.4 Å². The molecule has 2 N–H and O–H groups in total. The van der Waals surface area contributed by atoms with E-state index in [4.69, 9.17) is 4.43 Å². The van der Waals surface area contributed by atoms with Gasteiger partial charge in [0.1, 0.15) is 5.75 Å². The Balaban J connectivity index is 2.53. The molecule has 2 aromatic rings. The van der Waals surface area contributed by atoms with Crippen molar-refractivity contribution < 1.29 is 19.1 Å². The van der Waals surface area contributed by atoms with Crippen molar-refractivity contribution in [3.8, 4) is 5.75 Å². The van der Waals surface area contributed by atoms with Gasteiger partial charge in [0.05, 0.1) is 11.6 Å². The maximum absolute atomic E-state index is 13.3. The zero-order valence-corrected chi connectivity index (χ0v) is 19.4. The van der Waals surface area contributed by atoms with E-state index in [-0.39, 0.29) is 17.6 Å². The van der Waals surface area contributed by atoms with E-state index in [1.54, 1.807) is 0 Å². The van der Waals surface area contributed by atoms with E-state index in [1.165, 1.54) is 0 Å². The van der Waals surface area contributed by atoms with Gasteiger partial charge < -0.3 is 14.8 Å². The maximum Gasteiger partial charge on any atom is 0.405 e. The van der Waals surface area contributed by atoms with E-state index in [2.05, 4.69) is 26.1 Å². The Morgan fingerprint density at radius 3 is 2.29 bits per heavy atom. The van der Waals surface area contributed by atoms with Gasteiger partial charge in [0.2, 0.25) is 10.5 Å². The first-order chi connectivity index (χ1) is 13.1. The topological polar surface area (TPSA) is 75.6 Å². The highest BCUT2D eigenvalue weighted by Crippen LogP contribution is 2.37. The van der Waals surface area contributed by atoms with Gasteiger partial charge in [0, 0.05) is 6.42 Å². The Bertz CT molecular complexity index is 872. The maximum atomic E-state index is 13.3. The normalized spacial score (nSPS) is 12.5. The number of hydrogen-bond donors (Lipinski definition) is 2. The van der Waals surface area contributed by atoms with Gasteiger partial charge in [0.15, 0.2) is 5.78 Å². The molecule has 0 fully saturated rings. The highest BCUT2D eigenvalue weighted by atomic mass is 28.2. The van der Waals surface area contributed by atoms with Crippen LogP contribution in [0.4, 0.5) is 4.79 Å². The number of carbonyl (C=O) groups is 2. The SMILES string of the molecule is Cc1cc(C(=O)C(Cc2ccccc2)NC(=O)O)c(O[SiH3])c(C)c1C(C)(C)C. The third kappa shape index (κ3) is 4.81. The van der Waals surface area contributed by atoms with Gasteiger partial charge in [-0.2, -0.15) is 0 Å². The molecule has 6 heteroatoms. The van der Waals surface area contributed by atoms with Crippen LogP contribution in [-0.2, 0) is 11.8 Å². The number of hydrogen-bond acceptors (Lipinski definition) is 3. The minimum absolute atomic E-state index is 0.0899. The number of benzene rings is 2. The fourth-order valence-electron chi connectivity index (χ4n) is 3.96. The van der Waals surface area contributed by atoms with Crippen molar-refractivity contribution in [2.75, 3.05) is 0 Å². The fourth-order valence-corrected chi connectivity index (χ4v) is 4.49. The fraction of sp³-hybridized carbons (Fsp3) is 0.364. The number of carboxylic acid groups (broad SMARTS) is 1.